The predicted octanol–water partition coefficient (Wildman–Crippen LogP) is 1.02. The van der Waals surface area contributed by atoms with E-state index >= 15 is 0 Å². The fraction of sp³-hybridized carbons (Fsp3) is 0.636. The lowest BCUT2D eigenvalue weighted by atomic mass is 10.5. The van der Waals surface area contributed by atoms with Gasteiger partial charge in [-0.05, 0) is 18.0 Å². The molecule has 0 N–H and O–H groups in total. The van der Waals surface area contributed by atoms with E-state index in [1.165, 1.54) is 17.0 Å². The van der Waals surface area contributed by atoms with E-state index in [1.807, 2.05) is 0 Å². The molecule has 0 saturated heterocycles. The molecule has 0 aliphatic heterocycles. The molecule has 0 fully saturated rings. The van der Waals surface area contributed by atoms with Crippen LogP contribution in [0.1, 0.15) is 19.5 Å². The Morgan fingerprint density at radius 2 is 2.26 bits per heavy atom. The van der Waals surface area contributed by atoms with Crippen LogP contribution in [-0.4, -0.2) is 51.8 Å². The zero-order chi connectivity index (χ0) is 14.3. The number of aromatic nitrogens is 2. The molecule has 1 heterocycles. The molecule has 1 rings (SSSR count). The molecule has 0 saturated carbocycles. The van der Waals surface area contributed by atoms with Gasteiger partial charge < -0.3 is 19.9 Å². The minimum Gasteiger partial charge on any atom is -0.394 e. The maximum Gasteiger partial charge on any atom is 0.434 e. The van der Waals surface area contributed by atoms with Crippen LogP contribution in [0.15, 0.2) is 11.4 Å². The summed E-state index contributed by atoms with van der Waals surface area (Å²) in [6.45, 7) is 7.39. The third kappa shape index (κ3) is 4.32. The van der Waals surface area contributed by atoms with Crippen molar-refractivity contribution in [2.24, 2.45) is 12.2 Å². The number of oxime groups is 1. The molecular formula is C11H19N5O3. The standard InChI is InChI=1S/C11H19N5O3/c1-4-15(5-2)6-7-19-13-9-10-8-12-11(14(10)3)16(17)18/h8-9H,4-7H2,1-3H3. The average Bonchev–Trinajstić information content (AvgIpc) is 2.75. The molecule has 1 aromatic heterocycles. The van der Waals surface area contributed by atoms with Crippen LogP contribution in [0.5, 0.6) is 0 Å². The topological polar surface area (TPSA) is 85.8 Å². The normalized spacial score (nSPS) is 11.4. The molecular weight excluding hydrogens is 250 g/mol. The van der Waals surface area contributed by atoms with Gasteiger partial charge in [0.1, 0.15) is 19.0 Å². The lowest BCUT2D eigenvalue weighted by Gasteiger charge is -2.16. The summed E-state index contributed by atoms with van der Waals surface area (Å²) in [6, 6.07) is 0. The second-order valence-electron chi connectivity index (χ2n) is 3.89. The Morgan fingerprint density at radius 1 is 1.58 bits per heavy atom. The van der Waals surface area contributed by atoms with Gasteiger partial charge in [-0.1, -0.05) is 24.0 Å². The third-order valence-electron chi connectivity index (χ3n) is 2.82. The van der Waals surface area contributed by atoms with E-state index in [4.69, 9.17) is 4.84 Å². The van der Waals surface area contributed by atoms with Gasteiger partial charge in [0.05, 0.1) is 7.05 Å². The van der Waals surface area contributed by atoms with Crippen LogP contribution in [0.4, 0.5) is 5.95 Å². The monoisotopic (exact) mass is 269 g/mol. The number of rotatable bonds is 8. The first kappa shape index (κ1) is 15.1. The molecule has 0 bridgehead atoms. The van der Waals surface area contributed by atoms with E-state index in [9.17, 15) is 10.1 Å². The molecule has 0 radical (unpaired) electrons. The quantitative estimate of drug-likeness (QED) is 0.304. The molecule has 19 heavy (non-hydrogen) atoms. The number of hydrogen-bond donors (Lipinski definition) is 0. The first-order valence-electron chi connectivity index (χ1n) is 6.13. The van der Waals surface area contributed by atoms with Gasteiger partial charge in [-0.25, -0.2) is 4.57 Å². The number of hydrogen-bond acceptors (Lipinski definition) is 6. The first-order valence-corrected chi connectivity index (χ1v) is 6.13. The second kappa shape index (κ2) is 7.47. The first-order chi connectivity index (χ1) is 9.10. The van der Waals surface area contributed by atoms with Crippen molar-refractivity contribution >= 4 is 12.2 Å². The molecule has 0 aliphatic rings. The maximum absolute atomic E-state index is 10.6. The molecule has 0 amide bonds. The average molecular weight is 269 g/mol. The zero-order valence-electron chi connectivity index (χ0n) is 11.4. The Labute approximate surface area is 111 Å². The molecule has 1 aromatic rings. The fourth-order valence-corrected chi connectivity index (χ4v) is 1.56. The fourth-order valence-electron chi connectivity index (χ4n) is 1.56. The number of likely N-dealkylation sites (N-methyl/N-ethyl adjacent to an activating group) is 1. The van der Waals surface area contributed by atoms with E-state index in [0.717, 1.165) is 19.6 Å². The van der Waals surface area contributed by atoms with Crippen LogP contribution in [-0.2, 0) is 11.9 Å². The highest BCUT2D eigenvalue weighted by molar-refractivity contribution is 5.77. The summed E-state index contributed by atoms with van der Waals surface area (Å²) in [6.07, 6.45) is 2.80. The lowest BCUT2D eigenvalue weighted by Crippen LogP contribution is -2.26. The summed E-state index contributed by atoms with van der Waals surface area (Å²) < 4.78 is 1.34. The minimum absolute atomic E-state index is 0.218. The SMILES string of the molecule is CCN(CC)CCON=Cc1cnc([N+](=O)[O-])n1C. The largest absolute Gasteiger partial charge is 0.434 e. The smallest absolute Gasteiger partial charge is 0.394 e. The van der Waals surface area contributed by atoms with Gasteiger partial charge in [-0.3, -0.25) is 0 Å². The van der Waals surface area contributed by atoms with Crippen LogP contribution in [0.2, 0.25) is 0 Å². The highest BCUT2D eigenvalue weighted by Gasteiger charge is 2.15. The predicted molar refractivity (Wildman–Crippen MR) is 71.2 cm³/mol. The maximum atomic E-state index is 10.6. The molecule has 0 spiro atoms. The molecule has 0 aromatic carbocycles. The van der Waals surface area contributed by atoms with Gasteiger partial charge in [0.25, 0.3) is 0 Å². The Morgan fingerprint density at radius 3 is 2.79 bits per heavy atom. The molecule has 106 valence electrons. The van der Waals surface area contributed by atoms with Crippen molar-refractivity contribution in [3.05, 3.63) is 22.0 Å². The van der Waals surface area contributed by atoms with Gasteiger partial charge >= 0.3 is 5.95 Å². The van der Waals surface area contributed by atoms with Crippen molar-refractivity contribution < 1.29 is 9.76 Å². The van der Waals surface area contributed by atoms with E-state index in [-0.39, 0.29) is 5.95 Å². The summed E-state index contributed by atoms with van der Waals surface area (Å²) in [5.74, 6) is -0.218. The molecule has 8 heteroatoms. The third-order valence-corrected chi connectivity index (χ3v) is 2.82. The Bertz CT molecular complexity index is 440. The Kier molecular flexibility index (Phi) is 5.94. The van der Waals surface area contributed by atoms with Gasteiger partial charge in [0.2, 0.25) is 0 Å². The summed E-state index contributed by atoms with van der Waals surface area (Å²) in [5, 5.41) is 14.4. The van der Waals surface area contributed by atoms with Crippen molar-refractivity contribution in [2.45, 2.75) is 13.8 Å². The van der Waals surface area contributed by atoms with E-state index < -0.39 is 4.92 Å². The van der Waals surface area contributed by atoms with Gasteiger partial charge in [-0.2, -0.15) is 0 Å². The minimum atomic E-state index is -0.543. The summed E-state index contributed by atoms with van der Waals surface area (Å²) >= 11 is 0. The molecule has 0 atom stereocenters. The van der Waals surface area contributed by atoms with Crippen LogP contribution >= 0.6 is 0 Å². The van der Waals surface area contributed by atoms with Crippen molar-refractivity contribution in [1.29, 1.82) is 0 Å². The number of nitro groups is 1. The molecule has 0 unspecified atom stereocenters. The van der Waals surface area contributed by atoms with Crippen LogP contribution in [0.3, 0.4) is 0 Å². The van der Waals surface area contributed by atoms with Gasteiger partial charge in [-0.15, -0.1) is 0 Å². The van der Waals surface area contributed by atoms with E-state index in [1.54, 1.807) is 7.05 Å². The summed E-state index contributed by atoms with van der Waals surface area (Å²) in [4.78, 5) is 21.1. The van der Waals surface area contributed by atoms with Gasteiger partial charge in [0.15, 0.2) is 5.69 Å². The summed E-state index contributed by atoms with van der Waals surface area (Å²) in [7, 11) is 1.56. The van der Waals surface area contributed by atoms with Crippen molar-refractivity contribution in [2.75, 3.05) is 26.2 Å². The number of imidazole rings is 1. The highest BCUT2D eigenvalue weighted by Crippen LogP contribution is 2.08. The van der Waals surface area contributed by atoms with Crippen molar-refractivity contribution in [3.8, 4) is 0 Å². The van der Waals surface area contributed by atoms with E-state index in [0.29, 0.717) is 12.3 Å². The lowest BCUT2D eigenvalue weighted by molar-refractivity contribution is -0.396. The molecule has 8 nitrogen and oxygen atoms in total. The highest BCUT2D eigenvalue weighted by atomic mass is 16.6. The van der Waals surface area contributed by atoms with Crippen LogP contribution in [0.25, 0.3) is 0 Å². The Hall–Kier alpha value is -1.96. The van der Waals surface area contributed by atoms with Gasteiger partial charge in [0, 0.05) is 6.54 Å². The second-order valence-corrected chi connectivity index (χ2v) is 3.89. The van der Waals surface area contributed by atoms with Crippen LogP contribution < -0.4 is 0 Å². The number of nitrogens with zero attached hydrogens (tertiary/aromatic N) is 5. The molecule has 0 aliphatic carbocycles. The van der Waals surface area contributed by atoms with Crippen molar-refractivity contribution in [3.63, 3.8) is 0 Å². The van der Waals surface area contributed by atoms with Crippen molar-refractivity contribution in [1.82, 2.24) is 14.5 Å². The zero-order valence-corrected chi connectivity index (χ0v) is 11.4. The van der Waals surface area contributed by atoms with Crippen LogP contribution in [0, 0.1) is 10.1 Å². The summed E-state index contributed by atoms with van der Waals surface area (Å²) in [5.41, 5.74) is 0.523. The Balaban J connectivity index is 2.43. The van der Waals surface area contributed by atoms with E-state index in [2.05, 4.69) is 28.9 Å².